The van der Waals surface area contributed by atoms with Gasteiger partial charge in [0.05, 0.1) is 6.04 Å². The third-order valence-electron chi connectivity index (χ3n) is 3.08. The van der Waals surface area contributed by atoms with Crippen molar-refractivity contribution in [2.45, 2.75) is 38.8 Å². The lowest BCUT2D eigenvalue weighted by Gasteiger charge is -2.32. The standard InChI is InChI=1S/C15H21NO2/c1-15(2,3)18-14(17)16-11-7-10-13(16)12-8-5-4-6-9-12/h4-8,10,12-13H,9,11H2,1-3H3/t12?,13-/m0/s1. The maximum atomic E-state index is 12.1. The van der Waals surface area contributed by atoms with Gasteiger partial charge in [-0.2, -0.15) is 0 Å². The van der Waals surface area contributed by atoms with Crippen molar-refractivity contribution < 1.29 is 9.53 Å². The zero-order valence-corrected chi connectivity index (χ0v) is 11.3. The second kappa shape index (κ2) is 5.01. The molecule has 18 heavy (non-hydrogen) atoms. The van der Waals surface area contributed by atoms with E-state index in [9.17, 15) is 4.79 Å². The molecule has 1 amide bonds. The molecule has 0 radical (unpaired) electrons. The highest BCUT2D eigenvalue weighted by Crippen LogP contribution is 2.26. The fourth-order valence-electron chi connectivity index (χ4n) is 2.28. The molecule has 0 aromatic carbocycles. The van der Waals surface area contributed by atoms with Crippen LogP contribution in [-0.4, -0.2) is 29.2 Å². The van der Waals surface area contributed by atoms with Crippen molar-refractivity contribution >= 4 is 6.09 Å². The summed E-state index contributed by atoms with van der Waals surface area (Å²) in [5, 5.41) is 0. The first kappa shape index (κ1) is 12.9. The minimum atomic E-state index is -0.438. The Balaban J connectivity index is 2.02. The third kappa shape index (κ3) is 3.03. The van der Waals surface area contributed by atoms with Crippen molar-refractivity contribution in [2.75, 3.05) is 6.54 Å². The van der Waals surface area contributed by atoms with Gasteiger partial charge in [0.2, 0.25) is 0 Å². The van der Waals surface area contributed by atoms with Crippen molar-refractivity contribution in [3.05, 3.63) is 36.5 Å². The average molecular weight is 247 g/mol. The van der Waals surface area contributed by atoms with Gasteiger partial charge in [0, 0.05) is 12.5 Å². The summed E-state index contributed by atoms with van der Waals surface area (Å²) < 4.78 is 5.45. The lowest BCUT2D eigenvalue weighted by atomic mass is 9.93. The van der Waals surface area contributed by atoms with Crippen LogP contribution in [0.3, 0.4) is 0 Å². The molecule has 2 rings (SSSR count). The molecular formula is C15H21NO2. The SMILES string of the molecule is CC(C)(C)OC(=O)N1CC=C[C@H]1C1C=CC=CC1. The molecule has 0 fully saturated rings. The van der Waals surface area contributed by atoms with Gasteiger partial charge in [-0.1, -0.05) is 36.5 Å². The lowest BCUT2D eigenvalue weighted by Crippen LogP contribution is -2.43. The van der Waals surface area contributed by atoms with Crippen LogP contribution in [0.25, 0.3) is 0 Å². The van der Waals surface area contributed by atoms with Gasteiger partial charge in [0.1, 0.15) is 5.60 Å². The summed E-state index contributed by atoms with van der Waals surface area (Å²) in [5.41, 5.74) is -0.438. The molecule has 0 aromatic heterocycles. The van der Waals surface area contributed by atoms with Crippen molar-refractivity contribution in [1.82, 2.24) is 4.90 Å². The van der Waals surface area contributed by atoms with Crippen LogP contribution in [0, 0.1) is 5.92 Å². The molecule has 3 nitrogen and oxygen atoms in total. The first-order chi connectivity index (χ1) is 8.47. The highest BCUT2D eigenvalue weighted by molar-refractivity contribution is 5.70. The van der Waals surface area contributed by atoms with E-state index in [-0.39, 0.29) is 12.1 Å². The molecule has 1 unspecified atom stereocenters. The summed E-state index contributed by atoms with van der Waals surface area (Å²) in [7, 11) is 0. The van der Waals surface area contributed by atoms with E-state index in [2.05, 4.69) is 18.2 Å². The first-order valence-electron chi connectivity index (χ1n) is 6.47. The number of nitrogens with zero attached hydrogens (tertiary/aromatic N) is 1. The van der Waals surface area contributed by atoms with E-state index in [1.807, 2.05) is 39.0 Å². The minimum Gasteiger partial charge on any atom is -0.444 e. The molecule has 0 N–H and O–H groups in total. The Morgan fingerprint density at radius 1 is 1.22 bits per heavy atom. The highest BCUT2D eigenvalue weighted by atomic mass is 16.6. The summed E-state index contributed by atoms with van der Waals surface area (Å²) in [4.78, 5) is 13.9. The number of amides is 1. The molecule has 1 aliphatic carbocycles. The van der Waals surface area contributed by atoms with Gasteiger partial charge in [0.25, 0.3) is 0 Å². The van der Waals surface area contributed by atoms with Crippen LogP contribution in [0.4, 0.5) is 4.79 Å². The zero-order chi connectivity index (χ0) is 13.2. The zero-order valence-electron chi connectivity index (χ0n) is 11.3. The fraction of sp³-hybridized carbons (Fsp3) is 0.533. The van der Waals surface area contributed by atoms with Gasteiger partial charge >= 0.3 is 6.09 Å². The predicted octanol–water partition coefficient (Wildman–Crippen LogP) is 3.29. The Kier molecular flexibility index (Phi) is 3.60. The summed E-state index contributed by atoms with van der Waals surface area (Å²) in [6.45, 7) is 6.33. The Labute approximate surface area is 109 Å². The summed E-state index contributed by atoms with van der Waals surface area (Å²) >= 11 is 0. The van der Waals surface area contributed by atoms with Gasteiger partial charge in [-0.25, -0.2) is 4.79 Å². The van der Waals surface area contributed by atoms with Crippen molar-refractivity contribution in [3.63, 3.8) is 0 Å². The van der Waals surface area contributed by atoms with E-state index < -0.39 is 5.60 Å². The number of hydrogen-bond donors (Lipinski definition) is 0. The first-order valence-corrected chi connectivity index (χ1v) is 6.47. The number of rotatable bonds is 1. The molecule has 0 bridgehead atoms. The van der Waals surface area contributed by atoms with Crippen LogP contribution in [0.2, 0.25) is 0 Å². The van der Waals surface area contributed by atoms with Crippen LogP contribution >= 0.6 is 0 Å². The Morgan fingerprint density at radius 2 is 2.00 bits per heavy atom. The molecular weight excluding hydrogens is 226 g/mol. The van der Waals surface area contributed by atoms with E-state index in [0.717, 1.165) is 6.42 Å². The number of allylic oxidation sites excluding steroid dienone is 3. The molecule has 2 atom stereocenters. The Hall–Kier alpha value is -1.51. The van der Waals surface area contributed by atoms with E-state index >= 15 is 0 Å². The van der Waals surface area contributed by atoms with Crippen LogP contribution < -0.4 is 0 Å². The van der Waals surface area contributed by atoms with Gasteiger partial charge in [0.15, 0.2) is 0 Å². The molecule has 3 heteroatoms. The number of ether oxygens (including phenoxy) is 1. The second-order valence-electron chi connectivity index (χ2n) is 5.76. The van der Waals surface area contributed by atoms with Gasteiger partial charge in [-0.3, -0.25) is 4.90 Å². The quantitative estimate of drug-likeness (QED) is 0.665. The fourth-order valence-corrected chi connectivity index (χ4v) is 2.28. The smallest absolute Gasteiger partial charge is 0.411 e. The molecule has 0 saturated carbocycles. The van der Waals surface area contributed by atoms with Crippen LogP contribution in [0.1, 0.15) is 27.2 Å². The Bertz CT molecular complexity index is 401. The number of carbonyl (C=O) groups is 1. The maximum Gasteiger partial charge on any atom is 0.411 e. The van der Waals surface area contributed by atoms with Gasteiger partial charge < -0.3 is 4.74 Å². The second-order valence-corrected chi connectivity index (χ2v) is 5.76. The minimum absolute atomic E-state index is 0.126. The highest BCUT2D eigenvalue weighted by Gasteiger charge is 2.32. The molecule has 0 saturated heterocycles. The van der Waals surface area contributed by atoms with E-state index in [1.165, 1.54) is 0 Å². The maximum absolute atomic E-state index is 12.1. The monoisotopic (exact) mass is 247 g/mol. The molecule has 0 spiro atoms. The average Bonchev–Trinajstić information content (AvgIpc) is 2.76. The van der Waals surface area contributed by atoms with Crippen molar-refractivity contribution in [2.24, 2.45) is 5.92 Å². The topological polar surface area (TPSA) is 29.5 Å². The van der Waals surface area contributed by atoms with Crippen molar-refractivity contribution in [3.8, 4) is 0 Å². The third-order valence-corrected chi connectivity index (χ3v) is 3.08. The van der Waals surface area contributed by atoms with Gasteiger partial charge in [-0.05, 0) is 27.2 Å². The molecule has 1 aliphatic heterocycles. The van der Waals surface area contributed by atoms with E-state index in [1.54, 1.807) is 4.90 Å². The summed E-state index contributed by atoms with van der Waals surface area (Å²) in [6, 6.07) is 0.126. The number of hydrogen-bond acceptors (Lipinski definition) is 2. The summed E-state index contributed by atoms with van der Waals surface area (Å²) in [5.74, 6) is 0.362. The van der Waals surface area contributed by atoms with Gasteiger partial charge in [-0.15, -0.1) is 0 Å². The molecule has 0 aromatic rings. The van der Waals surface area contributed by atoms with Crippen LogP contribution in [-0.2, 0) is 4.74 Å². The predicted molar refractivity (Wildman–Crippen MR) is 72.3 cm³/mol. The Morgan fingerprint density at radius 3 is 2.61 bits per heavy atom. The van der Waals surface area contributed by atoms with E-state index in [4.69, 9.17) is 4.74 Å². The van der Waals surface area contributed by atoms with E-state index in [0.29, 0.717) is 12.5 Å². The molecule has 98 valence electrons. The van der Waals surface area contributed by atoms with Crippen molar-refractivity contribution in [1.29, 1.82) is 0 Å². The molecule has 1 heterocycles. The normalized spacial score (nSPS) is 26.7. The lowest BCUT2D eigenvalue weighted by molar-refractivity contribution is 0.0215. The van der Waals surface area contributed by atoms with Crippen LogP contribution in [0.5, 0.6) is 0 Å². The largest absolute Gasteiger partial charge is 0.444 e. The summed E-state index contributed by atoms with van der Waals surface area (Å²) in [6.07, 6.45) is 13.3. The van der Waals surface area contributed by atoms with Crippen LogP contribution in [0.15, 0.2) is 36.5 Å². The molecule has 2 aliphatic rings. The number of carbonyl (C=O) groups excluding carboxylic acids is 1.